The van der Waals surface area contributed by atoms with Crippen molar-refractivity contribution >= 4 is 29.2 Å². The number of ketones is 3. The second-order valence-corrected chi connectivity index (χ2v) is 17.9. The maximum absolute atomic E-state index is 14.3. The van der Waals surface area contributed by atoms with E-state index in [4.69, 9.17) is 18.9 Å². The molecular formula is C44H69NO12. The van der Waals surface area contributed by atoms with Crippen LogP contribution >= 0.6 is 0 Å². The normalized spacial score (nSPS) is 41.0. The predicted octanol–water partition coefficient (Wildman–Crippen LogP) is 4.66. The number of aliphatic hydroxyl groups is 3. The lowest BCUT2D eigenvalue weighted by molar-refractivity contribution is -0.302. The van der Waals surface area contributed by atoms with Crippen LogP contribution in [0.4, 0.5) is 0 Å². The molecule has 2 bridgehead atoms. The Kier molecular flexibility index (Phi) is 16.8. The van der Waals surface area contributed by atoms with E-state index in [1.807, 2.05) is 33.8 Å². The Bertz CT molecular complexity index is 1510. The number of fused-ring (bicyclic) bond motifs is 3. The molecule has 3 heterocycles. The Morgan fingerprint density at radius 1 is 0.930 bits per heavy atom. The summed E-state index contributed by atoms with van der Waals surface area (Å²) in [5, 5.41) is 34.1. The fraction of sp³-hybridized carbons (Fsp3) is 0.795. The molecule has 3 aliphatic heterocycles. The van der Waals surface area contributed by atoms with E-state index in [-0.39, 0.29) is 61.5 Å². The van der Waals surface area contributed by atoms with Crippen molar-refractivity contribution in [2.45, 2.75) is 168 Å². The molecule has 13 heteroatoms. The molecule has 2 saturated heterocycles. The number of aliphatic hydroxyl groups excluding tert-OH is 2. The monoisotopic (exact) mass is 803 g/mol. The van der Waals surface area contributed by atoms with Crippen molar-refractivity contribution in [1.29, 1.82) is 0 Å². The van der Waals surface area contributed by atoms with Gasteiger partial charge in [0.15, 0.2) is 0 Å². The van der Waals surface area contributed by atoms with Gasteiger partial charge in [-0.15, -0.1) is 0 Å². The van der Waals surface area contributed by atoms with Crippen molar-refractivity contribution in [3.05, 3.63) is 23.3 Å². The van der Waals surface area contributed by atoms with E-state index in [1.165, 1.54) is 26.0 Å². The number of Topliss-reactive ketones (excluding diaryl/α,β-unsaturated/α-hetero) is 3. The number of cyclic esters (lactones) is 1. The first-order valence-electron chi connectivity index (χ1n) is 21.1. The maximum atomic E-state index is 14.3. The van der Waals surface area contributed by atoms with Gasteiger partial charge in [0.05, 0.1) is 24.4 Å². The van der Waals surface area contributed by atoms with Crippen LogP contribution in [-0.2, 0) is 42.9 Å². The predicted molar refractivity (Wildman–Crippen MR) is 211 cm³/mol. The summed E-state index contributed by atoms with van der Waals surface area (Å²) >= 11 is 0. The van der Waals surface area contributed by atoms with Gasteiger partial charge in [-0.05, 0) is 102 Å². The van der Waals surface area contributed by atoms with Gasteiger partial charge in [-0.2, -0.15) is 0 Å². The van der Waals surface area contributed by atoms with Crippen molar-refractivity contribution in [3.63, 3.8) is 0 Å². The Hall–Kier alpha value is -2.81. The summed E-state index contributed by atoms with van der Waals surface area (Å²) in [6.07, 6.45) is 3.20. The highest BCUT2D eigenvalue weighted by Gasteiger charge is 2.56. The van der Waals surface area contributed by atoms with E-state index in [0.29, 0.717) is 37.7 Å². The molecule has 3 N–H and O–H groups in total. The number of amides is 1. The highest BCUT2D eigenvalue weighted by Crippen LogP contribution is 2.39. The summed E-state index contributed by atoms with van der Waals surface area (Å²) in [7, 11) is 3.02. The van der Waals surface area contributed by atoms with Crippen LogP contribution in [0.5, 0.6) is 0 Å². The molecule has 14 unspecified atom stereocenters. The van der Waals surface area contributed by atoms with E-state index >= 15 is 0 Å². The lowest BCUT2D eigenvalue weighted by atomic mass is 9.78. The summed E-state index contributed by atoms with van der Waals surface area (Å²) in [4.78, 5) is 70.2. The molecule has 4 aliphatic rings. The van der Waals surface area contributed by atoms with Crippen molar-refractivity contribution in [1.82, 2.24) is 4.90 Å². The van der Waals surface area contributed by atoms with Gasteiger partial charge in [-0.1, -0.05) is 45.4 Å². The SMILES string of the molecule is COC1CC(C)C/C(C)=C/C(CC(C)=O)C(=O)CC(O)C(C)C(/C(C)=C/C2CCC(O)C(C)C2)OC(=O)C2CCCCN2C(=O)C(=O)C2(O)OC1C(OC)CC2C. The number of nitrogens with zero attached hydrogens (tertiary/aromatic N) is 1. The number of methoxy groups -OCH3 is 2. The van der Waals surface area contributed by atoms with Crippen LogP contribution in [-0.4, -0.2) is 119 Å². The highest BCUT2D eigenvalue weighted by atomic mass is 16.7. The molecule has 1 saturated carbocycles. The number of allylic oxidation sites excluding steroid dienone is 3. The summed E-state index contributed by atoms with van der Waals surface area (Å²) in [5.74, 6) is -8.30. The van der Waals surface area contributed by atoms with E-state index in [2.05, 4.69) is 0 Å². The van der Waals surface area contributed by atoms with Crippen molar-refractivity contribution in [3.8, 4) is 0 Å². The molecule has 0 spiro atoms. The topological polar surface area (TPSA) is 186 Å². The molecular weight excluding hydrogens is 734 g/mol. The molecule has 3 fully saturated rings. The van der Waals surface area contributed by atoms with E-state index in [9.17, 15) is 39.3 Å². The minimum Gasteiger partial charge on any atom is -0.456 e. The quantitative estimate of drug-likeness (QED) is 0.192. The van der Waals surface area contributed by atoms with Crippen LogP contribution in [0.1, 0.15) is 119 Å². The average Bonchev–Trinajstić information content (AvgIpc) is 3.16. The molecule has 1 aliphatic carbocycles. The second-order valence-electron chi connectivity index (χ2n) is 17.9. The van der Waals surface area contributed by atoms with E-state index < -0.39 is 83.9 Å². The summed E-state index contributed by atoms with van der Waals surface area (Å²) < 4.78 is 24.2. The zero-order chi connectivity index (χ0) is 42.4. The molecule has 0 radical (unpaired) electrons. The number of hydrogen-bond acceptors (Lipinski definition) is 12. The lowest BCUT2D eigenvalue weighted by Gasteiger charge is -2.47. The van der Waals surface area contributed by atoms with Crippen molar-refractivity contribution in [2.75, 3.05) is 20.8 Å². The maximum Gasteiger partial charge on any atom is 0.329 e. The zero-order valence-electron chi connectivity index (χ0n) is 35.6. The van der Waals surface area contributed by atoms with Gasteiger partial charge in [0.25, 0.3) is 11.7 Å². The standard InChI is InChI=1S/C44H69NO12/c1-24-16-25(2)18-37(54-8)40-38(55-9)21-28(5)44(53,57-40)41(50)42(51)45-15-11-10-12-33(45)43(52)56-39(27(4)20-31-13-14-34(47)26(3)19-31)30(7)35(48)23-36(49)32(17-24)22-29(6)46/h17,20,25-26,28,30-35,37-40,47-48,53H,10-16,18-19,21-23H2,1-9H3/b24-17+,27-20+. The Balaban J connectivity index is 1.79. The Labute approximate surface area is 338 Å². The average molecular weight is 804 g/mol. The van der Waals surface area contributed by atoms with Crippen LogP contribution in [0.2, 0.25) is 0 Å². The first-order valence-corrected chi connectivity index (χ1v) is 21.1. The number of rotatable bonds is 6. The minimum atomic E-state index is -2.53. The molecule has 57 heavy (non-hydrogen) atoms. The summed E-state index contributed by atoms with van der Waals surface area (Å²) in [6, 6.07) is -1.15. The largest absolute Gasteiger partial charge is 0.456 e. The number of hydrogen-bond donors (Lipinski definition) is 3. The molecule has 1 amide bonds. The van der Waals surface area contributed by atoms with E-state index in [1.54, 1.807) is 19.9 Å². The lowest BCUT2D eigenvalue weighted by Crippen LogP contribution is -2.64. The molecule has 14 atom stereocenters. The first-order chi connectivity index (χ1) is 26.8. The van der Waals surface area contributed by atoms with Crippen LogP contribution in [0.15, 0.2) is 23.3 Å². The number of piperidine rings is 1. The van der Waals surface area contributed by atoms with Gasteiger partial charge in [0.1, 0.15) is 29.8 Å². The van der Waals surface area contributed by atoms with Crippen LogP contribution in [0.25, 0.3) is 0 Å². The van der Waals surface area contributed by atoms with Gasteiger partial charge >= 0.3 is 5.97 Å². The summed E-state index contributed by atoms with van der Waals surface area (Å²) in [5.41, 5.74) is 1.52. The number of ether oxygens (including phenoxy) is 4. The highest BCUT2D eigenvalue weighted by molar-refractivity contribution is 6.39. The third-order valence-electron chi connectivity index (χ3n) is 13.0. The molecule has 0 aromatic rings. The molecule has 322 valence electrons. The minimum absolute atomic E-state index is 0.0306. The molecule has 4 rings (SSSR count). The Morgan fingerprint density at radius 2 is 1.60 bits per heavy atom. The molecule has 13 nitrogen and oxygen atoms in total. The van der Waals surface area contributed by atoms with Crippen molar-refractivity contribution < 1.29 is 58.2 Å². The molecule has 0 aromatic carbocycles. The third kappa shape index (κ3) is 11.5. The van der Waals surface area contributed by atoms with Crippen LogP contribution < -0.4 is 0 Å². The van der Waals surface area contributed by atoms with Crippen LogP contribution in [0.3, 0.4) is 0 Å². The zero-order valence-corrected chi connectivity index (χ0v) is 35.6. The van der Waals surface area contributed by atoms with Crippen molar-refractivity contribution in [2.24, 2.45) is 35.5 Å². The van der Waals surface area contributed by atoms with Gasteiger partial charge in [0.2, 0.25) is 5.79 Å². The fourth-order valence-electron chi connectivity index (χ4n) is 9.55. The first kappa shape index (κ1) is 46.9. The third-order valence-corrected chi connectivity index (χ3v) is 13.0. The number of carbonyl (C=O) groups excluding carboxylic acids is 5. The van der Waals surface area contributed by atoms with Crippen LogP contribution in [0, 0.1) is 35.5 Å². The smallest absolute Gasteiger partial charge is 0.329 e. The Morgan fingerprint density at radius 3 is 2.23 bits per heavy atom. The number of carbonyl (C=O) groups is 5. The van der Waals surface area contributed by atoms with Gasteiger partial charge < -0.3 is 39.2 Å². The summed E-state index contributed by atoms with van der Waals surface area (Å²) in [6.45, 7) is 12.5. The van der Waals surface area contributed by atoms with E-state index in [0.717, 1.165) is 18.4 Å². The van der Waals surface area contributed by atoms with Gasteiger partial charge in [-0.3, -0.25) is 19.2 Å². The molecule has 0 aromatic heterocycles. The van der Waals surface area contributed by atoms with Gasteiger partial charge in [0, 0.05) is 51.4 Å². The fourth-order valence-corrected chi connectivity index (χ4v) is 9.55. The second kappa shape index (κ2) is 20.4. The van der Waals surface area contributed by atoms with Gasteiger partial charge in [-0.25, -0.2) is 4.79 Å². The number of esters is 1.